The van der Waals surface area contributed by atoms with Crippen LogP contribution in [0.25, 0.3) is 0 Å². The van der Waals surface area contributed by atoms with Crippen LogP contribution < -0.4 is 0 Å². The van der Waals surface area contributed by atoms with Gasteiger partial charge in [-0.25, -0.2) is 0 Å². The van der Waals surface area contributed by atoms with Gasteiger partial charge in [-0.1, -0.05) is 0 Å². The summed E-state index contributed by atoms with van der Waals surface area (Å²) in [5, 5.41) is 0. The molecule has 0 bridgehead atoms. The number of hydrogen-bond donors (Lipinski definition) is 0. The molecule has 0 N–H and O–H groups in total. The molecule has 0 spiro atoms. The van der Waals surface area contributed by atoms with E-state index in [1.165, 1.54) is 22.3 Å². The van der Waals surface area contributed by atoms with E-state index in [-0.39, 0.29) is 0 Å². The molecule has 10 heavy (non-hydrogen) atoms. The number of allylic oxidation sites excluding steroid dienone is 4. The minimum absolute atomic E-state index is 0.968. The van der Waals surface area contributed by atoms with Gasteiger partial charge in [-0.15, -0.1) is 0 Å². The van der Waals surface area contributed by atoms with Gasteiger partial charge in [-0.05, 0) is 0 Å². The van der Waals surface area contributed by atoms with Crippen LogP contribution >= 0.6 is 0 Å². The van der Waals surface area contributed by atoms with Gasteiger partial charge in [0.1, 0.15) is 0 Å². The van der Waals surface area contributed by atoms with Crippen LogP contribution in [-0.2, 0) is 0 Å². The van der Waals surface area contributed by atoms with Crippen molar-refractivity contribution in [2.45, 2.75) is 27.7 Å². The van der Waals surface area contributed by atoms with E-state index in [2.05, 4.69) is 27.7 Å². The first kappa shape index (κ1) is 7.52. The minimum atomic E-state index is 0.968. The van der Waals surface area contributed by atoms with Crippen molar-refractivity contribution in [3.63, 3.8) is 0 Å². The summed E-state index contributed by atoms with van der Waals surface area (Å²) in [6.45, 7) is 8.39. The third-order valence-corrected chi connectivity index (χ3v) is 2.50. The molecular formula is C9H12B. The third-order valence-electron chi connectivity index (χ3n) is 2.50. The van der Waals surface area contributed by atoms with Gasteiger partial charge < -0.3 is 0 Å². The van der Waals surface area contributed by atoms with Crippen molar-refractivity contribution in [2.75, 3.05) is 0 Å². The molecule has 0 nitrogen and oxygen atoms in total. The van der Waals surface area contributed by atoms with Gasteiger partial charge in [0.2, 0.25) is 0 Å². The Labute approximate surface area is 63.7 Å². The molecule has 0 aromatic heterocycles. The molecule has 0 aromatic rings. The SMILES string of the molecule is [B]=C1C(C)=C(C)C(C)=C1C. The number of hydrogen-bond acceptors (Lipinski definition) is 0. The van der Waals surface area contributed by atoms with Gasteiger partial charge in [0.25, 0.3) is 0 Å². The Morgan fingerprint density at radius 1 is 0.700 bits per heavy atom. The first-order valence-corrected chi connectivity index (χ1v) is 3.54. The van der Waals surface area contributed by atoms with Crippen molar-refractivity contribution in [1.82, 2.24) is 0 Å². The van der Waals surface area contributed by atoms with Crippen molar-refractivity contribution in [1.29, 1.82) is 0 Å². The van der Waals surface area contributed by atoms with E-state index >= 15 is 0 Å². The van der Waals surface area contributed by atoms with Gasteiger partial charge in [0.15, 0.2) is 0 Å². The Balaban J connectivity index is 3.22. The van der Waals surface area contributed by atoms with Crippen LogP contribution in [0, 0.1) is 0 Å². The van der Waals surface area contributed by atoms with E-state index in [0.717, 1.165) is 5.46 Å². The van der Waals surface area contributed by atoms with Gasteiger partial charge in [0.05, 0.1) is 0 Å². The second-order valence-corrected chi connectivity index (χ2v) is 2.91. The fourth-order valence-corrected chi connectivity index (χ4v) is 1.25. The maximum absolute atomic E-state index is 5.80. The molecule has 0 aromatic carbocycles. The van der Waals surface area contributed by atoms with Gasteiger partial charge in [-0.2, -0.15) is 0 Å². The average Bonchev–Trinajstić information content (AvgIpc) is 2.07. The zero-order valence-electron chi connectivity index (χ0n) is 7.08. The van der Waals surface area contributed by atoms with Crippen molar-refractivity contribution < 1.29 is 0 Å². The van der Waals surface area contributed by atoms with E-state index in [1.807, 2.05) is 0 Å². The molecule has 0 fully saturated rings. The fourth-order valence-electron chi connectivity index (χ4n) is 1.25. The molecule has 51 valence electrons. The van der Waals surface area contributed by atoms with Gasteiger partial charge in [-0.3, -0.25) is 0 Å². The molecule has 0 amide bonds. The Morgan fingerprint density at radius 2 is 1.00 bits per heavy atom. The average molecular weight is 131 g/mol. The van der Waals surface area contributed by atoms with Crippen LogP contribution in [0.3, 0.4) is 0 Å². The Bertz CT molecular complexity index is 228. The molecule has 0 unspecified atom stereocenters. The van der Waals surface area contributed by atoms with Gasteiger partial charge >= 0.3 is 62.9 Å². The van der Waals surface area contributed by atoms with Crippen LogP contribution in [0.1, 0.15) is 27.7 Å². The van der Waals surface area contributed by atoms with Crippen LogP contribution in [0.2, 0.25) is 0 Å². The molecule has 0 heterocycles. The first-order chi connectivity index (χ1) is 4.55. The summed E-state index contributed by atoms with van der Waals surface area (Å²) in [5.41, 5.74) is 6.14. The summed E-state index contributed by atoms with van der Waals surface area (Å²) in [6, 6.07) is 0. The van der Waals surface area contributed by atoms with E-state index in [9.17, 15) is 0 Å². The third kappa shape index (κ3) is 0.810. The van der Waals surface area contributed by atoms with Crippen molar-refractivity contribution >= 4 is 13.0 Å². The molecule has 1 aliphatic carbocycles. The molecule has 1 aliphatic rings. The zero-order valence-corrected chi connectivity index (χ0v) is 7.08. The molecule has 0 aliphatic heterocycles. The van der Waals surface area contributed by atoms with E-state index in [4.69, 9.17) is 7.49 Å². The van der Waals surface area contributed by atoms with E-state index in [1.54, 1.807) is 0 Å². The normalized spacial score (nSPS) is 19.3. The maximum atomic E-state index is 5.80. The van der Waals surface area contributed by atoms with E-state index in [0.29, 0.717) is 0 Å². The molecule has 0 saturated carbocycles. The summed E-state index contributed by atoms with van der Waals surface area (Å²) in [7, 11) is 5.80. The topological polar surface area (TPSA) is 0 Å². The van der Waals surface area contributed by atoms with Crippen LogP contribution in [0.5, 0.6) is 0 Å². The summed E-state index contributed by atoms with van der Waals surface area (Å²) >= 11 is 0. The summed E-state index contributed by atoms with van der Waals surface area (Å²) < 4.78 is 0. The van der Waals surface area contributed by atoms with E-state index < -0.39 is 0 Å². The standard InChI is InChI=1S/C9H12B/c1-5-6(2)8(4)9(10)7(5)3/h1-4H3. The molecule has 1 radical (unpaired) electrons. The number of rotatable bonds is 0. The first-order valence-electron chi connectivity index (χ1n) is 3.54. The van der Waals surface area contributed by atoms with Crippen molar-refractivity contribution in [3.8, 4) is 0 Å². The summed E-state index contributed by atoms with van der Waals surface area (Å²) in [4.78, 5) is 0. The molecule has 1 heteroatoms. The summed E-state index contributed by atoms with van der Waals surface area (Å²) in [5.74, 6) is 0. The predicted molar refractivity (Wildman–Crippen MR) is 47.5 cm³/mol. The van der Waals surface area contributed by atoms with Crippen molar-refractivity contribution in [3.05, 3.63) is 22.3 Å². The van der Waals surface area contributed by atoms with Gasteiger partial charge in [0, 0.05) is 0 Å². The quantitative estimate of drug-likeness (QED) is 0.441. The second-order valence-electron chi connectivity index (χ2n) is 2.91. The van der Waals surface area contributed by atoms with Crippen LogP contribution in [-0.4, -0.2) is 13.0 Å². The molecule has 0 saturated heterocycles. The monoisotopic (exact) mass is 131 g/mol. The van der Waals surface area contributed by atoms with Crippen LogP contribution in [0.15, 0.2) is 22.3 Å². The molecule has 0 atom stereocenters. The van der Waals surface area contributed by atoms with Crippen molar-refractivity contribution in [2.24, 2.45) is 0 Å². The second kappa shape index (κ2) is 2.23. The van der Waals surface area contributed by atoms with Crippen LogP contribution in [0.4, 0.5) is 0 Å². The Morgan fingerprint density at radius 3 is 1.10 bits per heavy atom. The predicted octanol–water partition coefficient (Wildman–Crippen LogP) is 2.01. The fraction of sp³-hybridized carbons (Fsp3) is 0.444. The zero-order chi connectivity index (χ0) is 7.89. The molecular weight excluding hydrogens is 119 g/mol. The Hall–Kier alpha value is -0.585. The molecule has 1 rings (SSSR count). The summed E-state index contributed by atoms with van der Waals surface area (Å²) in [6.07, 6.45) is 0. The Kier molecular flexibility index (Phi) is 1.67.